The number of nitrogens with zero attached hydrogens (tertiary/aromatic N) is 4. The number of benzene rings is 1. The second kappa shape index (κ2) is 12.3. The van der Waals surface area contributed by atoms with Gasteiger partial charge in [-0.05, 0) is 44.6 Å². The zero-order chi connectivity index (χ0) is 22.7. The highest BCUT2D eigenvalue weighted by molar-refractivity contribution is 5.79. The average molecular weight is 431 g/mol. The van der Waals surface area contributed by atoms with Crippen molar-refractivity contribution in [1.82, 2.24) is 25.3 Å². The maximum atomic E-state index is 10.8. The first-order chi connectivity index (χ1) is 14.9. The number of hydrogen-bond acceptors (Lipinski definition) is 5. The monoisotopic (exact) mass is 430 g/mol. The van der Waals surface area contributed by atoms with Crippen molar-refractivity contribution in [2.75, 3.05) is 39.3 Å². The molecule has 0 fully saturated rings. The Morgan fingerprint density at radius 1 is 1.19 bits per heavy atom. The van der Waals surface area contributed by atoms with Gasteiger partial charge in [0.15, 0.2) is 5.96 Å². The van der Waals surface area contributed by atoms with Crippen LogP contribution in [0.4, 0.5) is 0 Å². The number of aliphatic imine (C=N–C) groups is 1. The van der Waals surface area contributed by atoms with Crippen molar-refractivity contribution in [2.45, 2.75) is 39.8 Å². The van der Waals surface area contributed by atoms with Crippen LogP contribution in [-0.2, 0) is 19.2 Å². The lowest BCUT2D eigenvalue weighted by molar-refractivity contribution is 0.0616. The normalized spacial score (nSPS) is 13.8. The molecule has 8 nitrogen and oxygen atoms in total. The molecule has 31 heavy (non-hydrogen) atoms. The van der Waals surface area contributed by atoms with Crippen molar-refractivity contribution in [3.8, 4) is 5.75 Å². The third kappa shape index (κ3) is 8.22. The SMILES string of the molecule is CCNC(=NCc1ccc(OCCN(CC)CC)cc1)NCC(C)(O)c1cnn(C)c1. The van der Waals surface area contributed by atoms with Gasteiger partial charge in [-0.15, -0.1) is 0 Å². The predicted molar refractivity (Wildman–Crippen MR) is 125 cm³/mol. The number of guanidine groups is 1. The van der Waals surface area contributed by atoms with Crippen LogP contribution in [0.15, 0.2) is 41.7 Å². The van der Waals surface area contributed by atoms with Gasteiger partial charge in [0.05, 0.1) is 19.3 Å². The molecule has 0 aliphatic rings. The number of nitrogens with one attached hydrogen (secondary N) is 2. The first-order valence-electron chi connectivity index (χ1n) is 11.1. The fourth-order valence-corrected chi connectivity index (χ4v) is 3.09. The fourth-order valence-electron chi connectivity index (χ4n) is 3.09. The third-order valence-corrected chi connectivity index (χ3v) is 5.18. The molecular weight excluding hydrogens is 392 g/mol. The summed E-state index contributed by atoms with van der Waals surface area (Å²) in [6, 6.07) is 8.04. The number of aromatic nitrogens is 2. The summed E-state index contributed by atoms with van der Waals surface area (Å²) in [7, 11) is 1.83. The topological polar surface area (TPSA) is 86.9 Å². The maximum Gasteiger partial charge on any atom is 0.191 e. The number of hydrogen-bond donors (Lipinski definition) is 3. The molecule has 3 N–H and O–H groups in total. The first kappa shape index (κ1) is 24.7. The van der Waals surface area contributed by atoms with Crippen LogP contribution in [-0.4, -0.2) is 65.1 Å². The van der Waals surface area contributed by atoms with E-state index in [2.05, 4.69) is 39.5 Å². The Labute approximate surface area is 186 Å². The summed E-state index contributed by atoms with van der Waals surface area (Å²) in [4.78, 5) is 6.98. The van der Waals surface area contributed by atoms with Crippen molar-refractivity contribution in [1.29, 1.82) is 0 Å². The molecule has 2 rings (SSSR count). The number of aryl methyl sites for hydroxylation is 1. The molecule has 0 aliphatic carbocycles. The van der Waals surface area contributed by atoms with Crippen LogP contribution in [0.25, 0.3) is 0 Å². The molecule has 8 heteroatoms. The lowest BCUT2D eigenvalue weighted by Crippen LogP contribution is -2.44. The Kier molecular flexibility index (Phi) is 9.81. The Morgan fingerprint density at radius 2 is 1.90 bits per heavy atom. The standard InChI is InChI=1S/C23H38N6O2/c1-6-24-22(26-18-23(4,30)20-16-27-28(5)17-20)25-15-19-9-11-21(12-10-19)31-14-13-29(7-2)8-3/h9-12,16-17,30H,6-8,13-15,18H2,1-5H3,(H2,24,25,26). The van der Waals surface area contributed by atoms with Gasteiger partial charge < -0.3 is 25.4 Å². The van der Waals surface area contributed by atoms with E-state index in [1.807, 2.05) is 44.4 Å². The van der Waals surface area contributed by atoms with Gasteiger partial charge in [0.1, 0.15) is 18.0 Å². The van der Waals surface area contributed by atoms with E-state index in [1.165, 1.54) is 0 Å². The highest BCUT2D eigenvalue weighted by Crippen LogP contribution is 2.18. The first-order valence-corrected chi connectivity index (χ1v) is 11.1. The van der Waals surface area contributed by atoms with Crippen molar-refractivity contribution in [2.24, 2.45) is 12.0 Å². The van der Waals surface area contributed by atoms with Gasteiger partial charge in [0, 0.05) is 31.9 Å². The van der Waals surface area contributed by atoms with Crippen LogP contribution < -0.4 is 15.4 Å². The zero-order valence-corrected chi connectivity index (χ0v) is 19.6. The molecule has 172 valence electrons. The lowest BCUT2D eigenvalue weighted by atomic mass is 10.00. The van der Waals surface area contributed by atoms with E-state index in [0.29, 0.717) is 25.7 Å². The summed E-state index contributed by atoms with van der Waals surface area (Å²) < 4.78 is 7.52. The maximum absolute atomic E-state index is 10.8. The average Bonchev–Trinajstić information content (AvgIpc) is 3.21. The summed E-state index contributed by atoms with van der Waals surface area (Å²) in [6.07, 6.45) is 3.49. The highest BCUT2D eigenvalue weighted by atomic mass is 16.5. The van der Waals surface area contributed by atoms with Gasteiger partial charge in [-0.3, -0.25) is 4.68 Å². The molecule has 0 bridgehead atoms. The van der Waals surface area contributed by atoms with Crippen LogP contribution in [0.3, 0.4) is 0 Å². The zero-order valence-electron chi connectivity index (χ0n) is 19.6. The molecular formula is C23H38N6O2. The second-order valence-electron chi connectivity index (χ2n) is 7.74. The predicted octanol–water partition coefficient (Wildman–Crippen LogP) is 2.10. The molecule has 1 unspecified atom stereocenters. The van der Waals surface area contributed by atoms with Crippen LogP contribution in [0.2, 0.25) is 0 Å². The molecule has 1 aromatic heterocycles. The Bertz CT molecular complexity index is 797. The molecule has 0 saturated heterocycles. The Balaban J connectivity index is 1.88. The smallest absolute Gasteiger partial charge is 0.191 e. The van der Waals surface area contributed by atoms with Crippen molar-refractivity contribution in [3.63, 3.8) is 0 Å². The quantitative estimate of drug-likeness (QED) is 0.353. The lowest BCUT2D eigenvalue weighted by Gasteiger charge is -2.23. The van der Waals surface area contributed by atoms with Crippen molar-refractivity contribution in [3.05, 3.63) is 47.8 Å². The summed E-state index contributed by atoms with van der Waals surface area (Å²) >= 11 is 0. The van der Waals surface area contributed by atoms with Gasteiger partial charge in [-0.1, -0.05) is 26.0 Å². The van der Waals surface area contributed by atoms with E-state index in [-0.39, 0.29) is 0 Å². The largest absolute Gasteiger partial charge is 0.492 e. The molecule has 1 heterocycles. The van der Waals surface area contributed by atoms with Gasteiger partial charge in [-0.25, -0.2) is 4.99 Å². The summed E-state index contributed by atoms with van der Waals surface area (Å²) in [5, 5.41) is 21.3. The second-order valence-corrected chi connectivity index (χ2v) is 7.74. The van der Waals surface area contributed by atoms with Crippen molar-refractivity contribution >= 4 is 5.96 Å². The van der Waals surface area contributed by atoms with Crippen molar-refractivity contribution < 1.29 is 9.84 Å². The van der Waals surface area contributed by atoms with Gasteiger partial charge in [0.2, 0.25) is 0 Å². The summed E-state index contributed by atoms with van der Waals surface area (Å²) in [5.74, 6) is 1.53. The third-order valence-electron chi connectivity index (χ3n) is 5.18. The molecule has 1 aromatic carbocycles. The molecule has 0 amide bonds. The number of aliphatic hydroxyl groups is 1. The van der Waals surface area contributed by atoms with E-state index in [0.717, 1.165) is 43.1 Å². The number of likely N-dealkylation sites (N-methyl/N-ethyl adjacent to an activating group) is 1. The van der Waals surface area contributed by atoms with Gasteiger partial charge >= 0.3 is 0 Å². The van der Waals surface area contributed by atoms with Crippen LogP contribution in [0, 0.1) is 0 Å². The number of ether oxygens (including phenoxy) is 1. The van der Waals surface area contributed by atoms with Gasteiger partial charge in [0.25, 0.3) is 0 Å². The Hall–Kier alpha value is -2.58. The van der Waals surface area contributed by atoms with E-state index < -0.39 is 5.60 Å². The fraction of sp³-hybridized carbons (Fsp3) is 0.565. The summed E-state index contributed by atoms with van der Waals surface area (Å²) in [5.41, 5.74) is 0.802. The van der Waals surface area contributed by atoms with Gasteiger partial charge in [-0.2, -0.15) is 5.10 Å². The molecule has 2 aromatic rings. The van der Waals surface area contributed by atoms with Crippen LogP contribution >= 0.6 is 0 Å². The molecule has 0 radical (unpaired) electrons. The molecule has 0 aliphatic heterocycles. The van der Waals surface area contributed by atoms with E-state index in [4.69, 9.17) is 4.74 Å². The minimum Gasteiger partial charge on any atom is -0.492 e. The minimum atomic E-state index is -1.05. The highest BCUT2D eigenvalue weighted by Gasteiger charge is 2.24. The minimum absolute atomic E-state index is 0.323. The Morgan fingerprint density at radius 3 is 2.48 bits per heavy atom. The molecule has 0 saturated carbocycles. The van der Waals surface area contributed by atoms with E-state index in [1.54, 1.807) is 17.8 Å². The summed E-state index contributed by atoms with van der Waals surface area (Å²) in [6.45, 7) is 13.4. The van der Waals surface area contributed by atoms with E-state index >= 15 is 0 Å². The van der Waals surface area contributed by atoms with E-state index in [9.17, 15) is 5.11 Å². The number of rotatable bonds is 12. The van der Waals surface area contributed by atoms with Crippen LogP contribution in [0.1, 0.15) is 38.8 Å². The molecule has 0 spiro atoms. The van der Waals surface area contributed by atoms with Crippen LogP contribution in [0.5, 0.6) is 5.75 Å². The molecule has 1 atom stereocenters.